The third-order valence-corrected chi connectivity index (χ3v) is 5.44. The highest BCUT2D eigenvalue weighted by molar-refractivity contribution is 5.72. The van der Waals surface area contributed by atoms with Gasteiger partial charge in [0.2, 0.25) is 0 Å². The molecule has 1 aliphatic rings. The van der Waals surface area contributed by atoms with Crippen LogP contribution < -0.4 is 21.2 Å². The van der Waals surface area contributed by atoms with E-state index in [1.54, 1.807) is 29.1 Å². The molecule has 1 amide bonds. The molecule has 0 fully saturated rings. The third kappa shape index (κ3) is 4.80. The predicted octanol–water partition coefficient (Wildman–Crippen LogP) is 2.66. The molecule has 2 N–H and O–H groups in total. The van der Waals surface area contributed by atoms with E-state index in [4.69, 9.17) is 10.5 Å². The van der Waals surface area contributed by atoms with Crippen molar-refractivity contribution >= 4 is 18.0 Å². The number of ether oxygens (including phenoxy) is 1. The van der Waals surface area contributed by atoms with Crippen LogP contribution in [0.2, 0.25) is 0 Å². The first kappa shape index (κ1) is 23.1. The summed E-state index contributed by atoms with van der Waals surface area (Å²) in [7, 11) is 0. The summed E-state index contributed by atoms with van der Waals surface area (Å²) in [5, 5.41) is 5.41. The van der Waals surface area contributed by atoms with Crippen LogP contribution in [0.25, 0.3) is 17.6 Å². The standard InChI is InChI=1S/C24H26FN7O2/c1-3-31(4-2)24(33)34-19-14-28-22(29-21(19)26)20-17-11-6-5-9-13-27-23(17)32(30-20)15-16-10-7-8-12-18(16)25/h7-14H,3-6,15H2,1-2H3,(H2,26,28,29)/b13-9-,17-11-,27-23+. The van der Waals surface area contributed by atoms with E-state index in [-0.39, 0.29) is 29.8 Å². The van der Waals surface area contributed by atoms with E-state index in [0.29, 0.717) is 29.8 Å². The van der Waals surface area contributed by atoms with Crippen molar-refractivity contribution in [3.8, 4) is 17.3 Å². The lowest BCUT2D eigenvalue weighted by atomic mass is 10.2. The van der Waals surface area contributed by atoms with Crippen molar-refractivity contribution in [2.75, 3.05) is 18.8 Å². The first-order chi connectivity index (χ1) is 16.5. The van der Waals surface area contributed by atoms with Gasteiger partial charge in [-0.1, -0.05) is 30.4 Å². The molecule has 2 aromatic heterocycles. The van der Waals surface area contributed by atoms with Gasteiger partial charge in [0.15, 0.2) is 22.9 Å². The van der Waals surface area contributed by atoms with E-state index < -0.39 is 6.09 Å². The molecular formula is C24H26FN7O2. The van der Waals surface area contributed by atoms with Crippen LogP contribution in [0.3, 0.4) is 0 Å². The summed E-state index contributed by atoms with van der Waals surface area (Å²) in [6.07, 6.45) is 8.13. The molecule has 9 nitrogen and oxygen atoms in total. The van der Waals surface area contributed by atoms with Crippen LogP contribution >= 0.6 is 0 Å². The summed E-state index contributed by atoms with van der Waals surface area (Å²) < 4.78 is 21.3. The molecule has 0 bridgehead atoms. The highest BCUT2D eigenvalue weighted by Gasteiger charge is 2.19. The van der Waals surface area contributed by atoms with Gasteiger partial charge in [0.05, 0.1) is 12.7 Å². The number of fused-ring (bicyclic) bond motifs is 1. The maximum atomic E-state index is 14.3. The Morgan fingerprint density at radius 2 is 2.03 bits per heavy atom. The third-order valence-electron chi connectivity index (χ3n) is 5.44. The van der Waals surface area contributed by atoms with Gasteiger partial charge in [-0.25, -0.2) is 28.8 Å². The lowest BCUT2D eigenvalue weighted by Gasteiger charge is -2.18. The molecule has 0 spiro atoms. The lowest BCUT2D eigenvalue weighted by Crippen LogP contribution is -2.33. The van der Waals surface area contributed by atoms with Gasteiger partial charge < -0.3 is 15.4 Å². The number of benzene rings is 1. The Hall–Kier alpha value is -4.08. The molecule has 0 saturated carbocycles. The van der Waals surface area contributed by atoms with E-state index in [1.165, 1.54) is 17.2 Å². The number of rotatable bonds is 6. The quantitative estimate of drug-likeness (QED) is 0.602. The molecule has 34 heavy (non-hydrogen) atoms. The number of nitrogens with zero attached hydrogens (tertiary/aromatic N) is 6. The fourth-order valence-corrected chi connectivity index (χ4v) is 3.59. The zero-order chi connectivity index (χ0) is 24.1. The monoisotopic (exact) mass is 463 g/mol. The van der Waals surface area contributed by atoms with Crippen molar-refractivity contribution in [3.05, 3.63) is 64.8 Å². The Kier molecular flexibility index (Phi) is 6.95. The number of carbonyl (C=O) groups excluding carboxylic acids is 1. The summed E-state index contributed by atoms with van der Waals surface area (Å²) in [5.74, 6) is 0.0368. The lowest BCUT2D eigenvalue weighted by molar-refractivity contribution is 0.157. The molecule has 4 rings (SSSR count). The zero-order valence-electron chi connectivity index (χ0n) is 19.1. The highest BCUT2D eigenvalue weighted by Crippen LogP contribution is 2.21. The van der Waals surface area contributed by atoms with Crippen molar-refractivity contribution in [2.24, 2.45) is 4.99 Å². The molecule has 0 aliphatic carbocycles. The van der Waals surface area contributed by atoms with Crippen molar-refractivity contribution in [1.29, 1.82) is 0 Å². The van der Waals surface area contributed by atoms with Crippen molar-refractivity contribution in [2.45, 2.75) is 33.2 Å². The smallest absolute Gasteiger partial charge is 0.405 e. The van der Waals surface area contributed by atoms with Crippen LogP contribution in [0.1, 0.15) is 32.3 Å². The molecule has 10 heteroatoms. The number of hydrogen-bond donors (Lipinski definition) is 1. The molecule has 0 radical (unpaired) electrons. The average molecular weight is 464 g/mol. The Morgan fingerprint density at radius 1 is 1.24 bits per heavy atom. The van der Waals surface area contributed by atoms with Gasteiger partial charge in [0.1, 0.15) is 11.5 Å². The molecule has 1 aliphatic heterocycles. The molecule has 0 unspecified atom stereocenters. The van der Waals surface area contributed by atoms with Crippen LogP contribution in [0.15, 0.2) is 47.7 Å². The molecule has 0 saturated heterocycles. The van der Waals surface area contributed by atoms with Crippen molar-refractivity contribution in [1.82, 2.24) is 24.6 Å². The highest BCUT2D eigenvalue weighted by atomic mass is 19.1. The topological polar surface area (TPSA) is 112 Å². The second-order valence-electron chi connectivity index (χ2n) is 7.61. The normalized spacial score (nSPS) is 15.6. The Balaban J connectivity index is 1.75. The second kappa shape index (κ2) is 10.2. The summed E-state index contributed by atoms with van der Waals surface area (Å²) in [5.41, 5.74) is 7.63. The second-order valence-corrected chi connectivity index (χ2v) is 7.61. The van der Waals surface area contributed by atoms with E-state index >= 15 is 0 Å². The number of allylic oxidation sites excluding steroid dienone is 1. The van der Waals surface area contributed by atoms with Crippen molar-refractivity contribution in [3.63, 3.8) is 0 Å². The van der Waals surface area contributed by atoms with Crippen molar-refractivity contribution < 1.29 is 13.9 Å². The Morgan fingerprint density at radius 3 is 2.76 bits per heavy atom. The molecule has 3 heterocycles. The van der Waals surface area contributed by atoms with E-state index in [0.717, 1.165) is 18.1 Å². The van der Waals surface area contributed by atoms with Gasteiger partial charge in [0, 0.05) is 30.1 Å². The zero-order valence-corrected chi connectivity index (χ0v) is 19.1. The number of anilines is 1. The summed E-state index contributed by atoms with van der Waals surface area (Å²) in [6.45, 7) is 4.92. The van der Waals surface area contributed by atoms with Crippen LogP contribution in [0, 0.1) is 5.82 Å². The number of carbonyl (C=O) groups is 1. The number of hydrogen-bond acceptors (Lipinski definition) is 7. The number of aromatic nitrogens is 4. The van der Waals surface area contributed by atoms with E-state index in [9.17, 15) is 9.18 Å². The van der Waals surface area contributed by atoms with Crippen LogP contribution in [0.4, 0.5) is 15.0 Å². The average Bonchev–Trinajstić information content (AvgIpc) is 3.13. The number of nitrogens with two attached hydrogens (primary N) is 1. The van der Waals surface area contributed by atoms with Gasteiger partial charge in [0.25, 0.3) is 0 Å². The van der Waals surface area contributed by atoms with Gasteiger partial charge >= 0.3 is 6.09 Å². The first-order valence-corrected chi connectivity index (χ1v) is 11.1. The van der Waals surface area contributed by atoms with Crippen LogP contribution in [0.5, 0.6) is 5.75 Å². The molecular weight excluding hydrogens is 437 g/mol. The Bertz CT molecular complexity index is 1350. The fourth-order valence-electron chi connectivity index (χ4n) is 3.59. The van der Waals surface area contributed by atoms with E-state index in [1.807, 2.05) is 26.0 Å². The first-order valence-electron chi connectivity index (χ1n) is 11.1. The van der Waals surface area contributed by atoms with Gasteiger partial charge in [-0.3, -0.25) is 0 Å². The number of halogens is 1. The summed E-state index contributed by atoms with van der Waals surface area (Å²) in [4.78, 5) is 27.0. The molecule has 176 valence electrons. The maximum absolute atomic E-state index is 14.3. The Labute approximate surface area is 196 Å². The van der Waals surface area contributed by atoms with Crippen LogP contribution in [-0.4, -0.2) is 43.8 Å². The summed E-state index contributed by atoms with van der Waals surface area (Å²) in [6, 6.07) is 6.54. The summed E-state index contributed by atoms with van der Waals surface area (Å²) >= 11 is 0. The van der Waals surface area contributed by atoms with Gasteiger partial charge in [-0.2, -0.15) is 5.10 Å². The fraction of sp³-hybridized carbons (Fsp3) is 0.292. The molecule has 0 atom stereocenters. The minimum Gasteiger partial charge on any atom is -0.405 e. The predicted molar refractivity (Wildman–Crippen MR) is 126 cm³/mol. The minimum absolute atomic E-state index is 0.0191. The van der Waals surface area contributed by atoms with Gasteiger partial charge in [-0.05, 0) is 32.8 Å². The number of nitrogen functional groups attached to an aromatic ring is 1. The minimum atomic E-state index is -0.522. The van der Waals surface area contributed by atoms with Crippen LogP contribution in [-0.2, 0) is 6.54 Å². The largest absolute Gasteiger partial charge is 0.415 e. The molecule has 3 aromatic rings. The SMILES string of the molecule is CCN(CC)C(=O)Oc1cnc(-c2nn(Cc3ccccc3F)c3/c2=C\CC/C=C\N=3)nc1N. The van der Waals surface area contributed by atoms with Gasteiger partial charge in [-0.15, -0.1) is 0 Å². The maximum Gasteiger partial charge on any atom is 0.415 e. The number of amides is 1. The molecule has 1 aromatic carbocycles. The van der Waals surface area contributed by atoms with E-state index in [2.05, 4.69) is 20.1 Å².